The van der Waals surface area contributed by atoms with Crippen molar-refractivity contribution in [2.24, 2.45) is 0 Å². The Morgan fingerprint density at radius 3 is 1.94 bits per heavy atom. The van der Waals surface area contributed by atoms with Crippen molar-refractivity contribution < 1.29 is 9.59 Å². The molecule has 0 unspecified atom stereocenters. The van der Waals surface area contributed by atoms with Crippen LogP contribution in [0.3, 0.4) is 0 Å². The number of amides is 2. The van der Waals surface area contributed by atoms with Crippen molar-refractivity contribution in [3.63, 3.8) is 0 Å². The smallest absolute Gasteiger partial charge is 0.269 e. The Labute approximate surface area is 116 Å². The van der Waals surface area contributed by atoms with Crippen LogP contribution in [0.1, 0.15) is 11.1 Å². The summed E-state index contributed by atoms with van der Waals surface area (Å²) < 4.78 is 0.573. The Kier molecular flexibility index (Phi) is 3.49. The highest BCUT2D eigenvalue weighted by Gasteiger charge is 2.35. The van der Waals surface area contributed by atoms with Gasteiger partial charge in [-0.05, 0) is 44.3 Å². The summed E-state index contributed by atoms with van der Waals surface area (Å²) >= 11 is 6.19. The van der Waals surface area contributed by atoms with E-state index in [1.54, 1.807) is 0 Å². The zero-order valence-electron chi connectivity index (χ0n) is 9.04. The summed E-state index contributed by atoms with van der Waals surface area (Å²) in [6.07, 6.45) is 0. The topological polar surface area (TPSA) is 37.4 Å². The van der Waals surface area contributed by atoms with Crippen LogP contribution in [0.2, 0.25) is 0 Å². The lowest BCUT2D eigenvalue weighted by Gasteiger charge is -2.14. The molecule has 1 heterocycles. The zero-order chi connectivity index (χ0) is 12.6. The molecule has 0 saturated carbocycles. The normalized spacial score (nSPS) is 16.1. The number of carbonyl (C=O) groups is 2. The van der Waals surface area contributed by atoms with Gasteiger partial charge in [-0.15, -0.1) is 0 Å². The van der Waals surface area contributed by atoms with Crippen molar-refractivity contribution in [2.75, 3.05) is 0 Å². The van der Waals surface area contributed by atoms with Crippen molar-refractivity contribution in [3.8, 4) is 0 Å². The maximum Gasteiger partial charge on any atom is 0.269 e. The van der Waals surface area contributed by atoms with Crippen LogP contribution in [-0.2, 0) is 16.1 Å². The predicted molar refractivity (Wildman–Crippen MR) is 71.6 cm³/mol. The lowest BCUT2D eigenvalue weighted by Crippen LogP contribution is -2.30. The summed E-state index contributed by atoms with van der Waals surface area (Å²) in [5.41, 5.74) is 2.08. The molecule has 1 aliphatic heterocycles. The largest absolute Gasteiger partial charge is 0.269 e. The highest BCUT2D eigenvalue weighted by molar-refractivity contribution is 9.14. The molecule has 0 aromatic heterocycles. The Morgan fingerprint density at radius 2 is 1.47 bits per heavy atom. The minimum atomic E-state index is -0.303. The van der Waals surface area contributed by atoms with E-state index >= 15 is 0 Å². The van der Waals surface area contributed by atoms with Crippen molar-refractivity contribution in [3.05, 3.63) is 44.4 Å². The number of aryl methyl sites for hydroxylation is 1. The van der Waals surface area contributed by atoms with E-state index in [1.807, 2.05) is 31.2 Å². The molecule has 2 amide bonds. The predicted octanol–water partition coefficient (Wildman–Crippen LogP) is 2.87. The number of halogens is 2. The molecule has 0 aliphatic carbocycles. The molecule has 1 aromatic carbocycles. The van der Waals surface area contributed by atoms with Crippen LogP contribution in [0.5, 0.6) is 0 Å². The molecule has 2 rings (SSSR count). The fourth-order valence-corrected chi connectivity index (χ4v) is 2.30. The summed E-state index contributed by atoms with van der Waals surface area (Å²) in [5, 5.41) is 0. The van der Waals surface area contributed by atoms with Crippen molar-refractivity contribution in [1.82, 2.24) is 4.90 Å². The van der Waals surface area contributed by atoms with E-state index in [0.29, 0.717) is 6.54 Å². The number of rotatable bonds is 2. The van der Waals surface area contributed by atoms with Crippen LogP contribution < -0.4 is 0 Å². The Morgan fingerprint density at radius 1 is 1.00 bits per heavy atom. The molecule has 3 nitrogen and oxygen atoms in total. The third kappa shape index (κ3) is 2.35. The maximum absolute atomic E-state index is 11.8. The van der Waals surface area contributed by atoms with Gasteiger partial charge in [0.25, 0.3) is 11.8 Å². The average Bonchev–Trinajstić information content (AvgIpc) is 2.50. The van der Waals surface area contributed by atoms with E-state index in [0.717, 1.165) is 11.1 Å². The van der Waals surface area contributed by atoms with E-state index < -0.39 is 0 Å². The van der Waals surface area contributed by atoms with Crippen molar-refractivity contribution in [1.29, 1.82) is 0 Å². The first-order valence-electron chi connectivity index (χ1n) is 4.97. The molecule has 0 fully saturated rings. The standard InChI is InChI=1S/C12H9Br2NO2/c1-7-2-4-8(5-3-7)6-15-11(16)9(13)10(14)12(15)17/h2-5H,6H2,1H3. The Bertz CT molecular complexity index is 496. The molecule has 5 heteroatoms. The van der Waals surface area contributed by atoms with Gasteiger partial charge in [0.05, 0.1) is 6.54 Å². The van der Waals surface area contributed by atoms with Crippen LogP contribution in [0.25, 0.3) is 0 Å². The molecule has 88 valence electrons. The fraction of sp³-hybridized carbons (Fsp3) is 0.167. The van der Waals surface area contributed by atoms with Gasteiger partial charge in [0.15, 0.2) is 0 Å². The van der Waals surface area contributed by atoms with Gasteiger partial charge in [-0.25, -0.2) is 0 Å². The van der Waals surface area contributed by atoms with E-state index in [1.165, 1.54) is 4.90 Å². The highest BCUT2D eigenvalue weighted by Crippen LogP contribution is 2.30. The average molecular weight is 359 g/mol. The number of nitrogens with zero attached hydrogens (tertiary/aromatic N) is 1. The molecular weight excluding hydrogens is 350 g/mol. The molecule has 1 aliphatic rings. The third-order valence-corrected chi connectivity index (χ3v) is 4.52. The number of benzene rings is 1. The first kappa shape index (κ1) is 12.5. The summed E-state index contributed by atoms with van der Waals surface area (Å²) in [6, 6.07) is 7.74. The van der Waals surface area contributed by atoms with Crippen molar-refractivity contribution >= 4 is 43.7 Å². The molecule has 0 spiro atoms. The number of imide groups is 1. The quantitative estimate of drug-likeness (QED) is 0.762. The Hall–Kier alpha value is -0.940. The summed E-state index contributed by atoms with van der Waals surface area (Å²) in [7, 11) is 0. The second-order valence-electron chi connectivity index (χ2n) is 3.81. The van der Waals surface area contributed by atoms with Gasteiger partial charge < -0.3 is 0 Å². The molecule has 0 radical (unpaired) electrons. The molecule has 1 aromatic rings. The van der Waals surface area contributed by atoms with E-state index in [-0.39, 0.29) is 20.8 Å². The van der Waals surface area contributed by atoms with Gasteiger partial charge in [-0.1, -0.05) is 29.8 Å². The molecule has 0 N–H and O–H groups in total. The minimum Gasteiger partial charge on any atom is -0.269 e. The fourth-order valence-electron chi connectivity index (χ4n) is 1.54. The van der Waals surface area contributed by atoms with Crippen LogP contribution >= 0.6 is 31.9 Å². The van der Waals surface area contributed by atoms with Gasteiger partial charge in [-0.3, -0.25) is 14.5 Å². The summed E-state index contributed by atoms with van der Waals surface area (Å²) in [4.78, 5) is 24.7. The van der Waals surface area contributed by atoms with Gasteiger partial charge in [0.1, 0.15) is 8.96 Å². The zero-order valence-corrected chi connectivity index (χ0v) is 12.2. The summed E-state index contributed by atoms with van der Waals surface area (Å²) in [6.45, 7) is 2.28. The monoisotopic (exact) mass is 357 g/mol. The highest BCUT2D eigenvalue weighted by atomic mass is 79.9. The number of hydrogen-bond acceptors (Lipinski definition) is 2. The number of hydrogen-bond donors (Lipinski definition) is 0. The van der Waals surface area contributed by atoms with Gasteiger partial charge in [0, 0.05) is 0 Å². The van der Waals surface area contributed by atoms with Gasteiger partial charge in [-0.2, -0.15) is 0 Å². The van der Waals surface area contributed by atoms with Gasteiger partial charge >= 0.3 is 0 Å². The third-order valence-electron chi connectivity index (χ3n) is 2.52. The van der Waals surface area contributed by atoms with Crippen molar-refractivity contribution in [2.45, 2.75) is 13.5 Å². The second kappa shape index (κ2) is 4.74. The molecule has 0 bridgehead atoms. The SMILES string of the molecule is Cc1ccc(CN2C(=O)C(Br)=C(Br)C2=O)cc1. The van der Waals surface area contributed by atoms with E-state index in [2.05, 4.69) is 31.9 Å². The lowest BCUT2D eigenvalue weighted by atomic mass is 10.1. The second-order valence-corrected chi connectivity index (χ2v) is 5.40. The molecule has 0 saturated heterocycles. The van der Waals surface area contributed by atoms with Crippen LogP contribution in [0.4, 0.5) is 0 Å². The number of carbonyl (C=O) groups excluding carboxylic acids is 2. The Balaban J connectivity index is 2.19. The van der Waals surface area contributed by atoms with E-state index in [9.17, 15) is 9.59 Å². The first-order chi connectivity index (χ1) is 8.00. The van der Waals surface area contributed by atoms with Gasteiger partial charge in [0.2, 0.25) is 0 Å². The van der Waals surface area contributed by atoms with Crippen LogP contribution in [-0.4, -0.2) is 16.7 Å². The maximum atomic E-state index is 11.8. The van der Waals surface area contributed by atoms with Crippen LogP contribution in [0.15, 0.2) is 33.2 Å². The summed E-state index contributed by atoms with van der Waals surface area (Å²) in [5.74, 6) is -0.607. The minimum absolute atomic E-state index is 0.287. The molecule has 17 heavy (non-hydrogen) atoms. The molecular formula is C12H9Br2NO2. The van der Waals surface area contributed by atoms with Crippen LogP contribution in [0, 0.1) is 6.92 Å². The molecule has 0 atom stereocenters. The first-order valence-corrected chi connectivity index (χ1v) is 6.56. The van der Waals surface area contributed by atoms with E-state index in [4.69, 9.17) is 0 Å². The lowest BCUT2D eigenvalue weighted by molar-refractivity contribution is -0.137.